The third-order valence-electron chi connectivity index (χ3n) is 3.17. The third kappa shape index (κ3) is 3.10. The van der Waals surface area contributed by atoms with Gasteiger partial charge < -0.3 is 20.8 Å². The average Bonchev–Trinajstić information content (AvgIpc) is 3.24. The molecule has 24 heavy (non-hydrogen) atoms. The number of oxazole rings is 1. The Morgan fingerprint density at radius 3 is 2.58 bits per heavy atom. The standard InChI is InChI=1S/C15H13N5O3S/c1-17-15-19-11(12(16)21)14(24-15)20-13(22)9-4-2-8(3-5-9)10-6-18-7-23-10/h2-7H,1H3,(H2,16,21)(H,17,19)(H,20,22). The summed E-state index contributed by atoms with van der Waals surface area (Å²) in [5.41, 5.74) is 6.53. The Morgan fingerprint density at radius 2 is 2.00 bits per heavy atom. The Labute approximate surface area is 140 Å². The number of hydrogen-bond acceptors (Lipinski definition) is 7. The second-order valence-corrected chi connectivity index (χ2v) is 5.71. The molecule has 0 saturated heterocycles. The SMILES string of the molecule is CNc1nc(C(N)=O)c(NC(=O)c2ccc(-c3cnco3)cc2)s1. The van der Waals surface area contributed by atoms with E-state index < -0.39 is 5.91 Å². The molecule has 8 nitrogen and oxygen atoms in total. The molecular formula is C15H13N5O3S. The van der Waals surface area contributed by atoms with E-state index in [1.807, 2.05) is 0 Å². The summed E-state index contributed by atoms with van der Waals surface area (Å²) in [4.78, 5) is 31.6. The zero-order chi connectivity index (χ0) is 17.1. The van der Waals surface area contributed by atoms with E-state index in [1.165, 1.54) is 6.39 Å². The highest BCUT2D eigenvalue weighted by atomic mass is 32.1. The molecule has 4 N–H and O–H groups in total. The van der Waals surface area contributed by atoms with Crippen LogP contribution in [0.5, 0.6) is 0 Å². The summed E-state index contributed by atoms with van der Waals surface area (Å²) in [6.45, 7) is 0. The Kier molecular flexibility index (Phi) is 4.25. The van der Waals surface area contributed by atoms with Gasteiger partial charge in [0.25, 0.3) is 11.8 Å². The van der Waals surface area contributed by atoms with Gasteiger partial charge >= 0.3 is 0 Å². The molecule has 0 atom stereocenters. The van der Waals surface area contributed by atoms with E-state index in [1.54, 1.807) is 37.5 Å². The van der Waals surface area contributed by atoms with Crippen molar-refractivity contribution in [3.05, 3.63) is 48.1 Å². The summed E-state index contributed by atoms with van der Waals surface area (Å²) in [7, 11) is 1.66. The normalized spacial score (nSPS) is 10.4. The lowest BCUT2D eigenvalue weighted by molar-refractivity contribution is 0.0997. The first-order valence-electron chi connectivity index (χ1n) is 6.87. The van der Waals surface area contributed by atoms with Crippen molar-refractivity contribution < 1.29 is 14.0 Å². The number of aromatic nitrogens is 2. The Morgan fingerprint density at radius 1 is 1.25 bits per heavy atom. The molecule has 0 fully saturated rings. The molecule has 0 radical (unpaired) electrons. The molecule has 9 heteroatoms. The van der Waals surface area contributed by atoms with Gasteiger partial charge in [-0.25, -0.2) is 9.97 Å². The minimum atomic E-state index is -0.705. The number of carbonyl (C=O) groups excluding carboxylic acids is 2. The largest absolute Gasteiger partial charge is 0.444 e. The maximum absolute atomic E-state index is 12.3. The number of benzene rings is 1. The van der Waals surface area contributed by atoms with E-state index in [2.05, 4.69) is 20.6 Å². The van der Waals surface area contributed by atoms with Gasteiger partial charge in [-0.15, -0.1) is 0 Å². The van der Waals surface area contributed by atoms with Crippen molar-refractivity contribution in [1.82, 2.24) is 9.97 Å². The fourth-order valence-corrected chi connectivity index (χ4v) is 2.82. The van der Waals surface area contributed by atoms with E-state index in [4.69, 9.17) is 10.2 Å². The number of nitrogens with zero attached hydrogens (tertiary/aromatic N) is 2. The number of thiazole rings is 1. The molecule has 2 aromatic heterocycles. The van der Waals surface area contributed by atoms with E-state index in [9.17, 15) is 9.59 Å². The lowest BCUT2D eigenvalue weighted by atomic mass is 10.1. The molecule has 1 aromatic carbocycles. The number of hydrogen-bond donors (Lipinski definition) is 3. The van der Waals surface area contributed by atoms with Gasteiger partial charge in [0, 0.05) is 18.2 Å². The molecule has 0 saturated carbocycles. The van der Waals surface area contributed by atoms with Crippen LogP contribution >= 0.6 is 11.3 Å². The van der Waals surface area contributed by atoms with Crippen LogP contribution in [0.3, 0.4) is 0 Å². The lowest BCUT2D eigenvalue weighted by Gasteiger charge is -2.04. The van der Waals surface area contributed by atoms with Crippen molar-refractivity contribution in [2.75, 3.05) is 17.7 Å². The van der Waals surface area contributed by atoms with Crippen LogP contribution in [0.15, 0.2) is 41.3 Å². The van der Waals surface area contributed by atoms with Gasteiger partial charge in [0.15, 0.2) is 23.0 Å². The summed E-state index contributed by atoms with van der Waals surface area (Å²) in [6.07, 6.45) is 2.93. The second kappa shape index (κ2) is 6.50. The van der Waals surface area contributed by atoms with Gasteiger partial charge in [0.1, 0.15) is 5.00 Å². The van der Waals surface area contributed by atoms with E-state index in [-0.39, 0.29) is 11.6 Å². The fourth-order valence-electron chi connectivity index (χ4n) is 2.00. The van der Waals surface area contributed by atoms with Crippen LogP contribution in [-0.4, -0.2) is 28.8 Å². The molecule has 0 aliphatic carbocycles. The minimum Gasteiger partial charge on any atom is -0.444 e. The maximum Gasteiger partial charge on any atom is 0.270 e. The molecule has 0 bridgehead atoms. The van der Waals surface area contributed by atoms with Crippen LogP contribution in [0.25, 0.3) is 11.3 Å². The van der Waals surface area contributed by atoms with E-state index >= 15 is 0 Å². The van der Waals surface area contributed by atoms with Crippen molar-refractivity contribution in [2.24, 2.45) is 5.73 Å². The highest BCUT2D eigenvalue weighted by molar-refractivity contribution is 7.20. The summed E-state index contributed by atoms with van der Waals surface area (Å²) >= 11 is 1.13. The summed E-state index contributed by atoms with van der Waals surface area (Å²) in [5.74, 6) is -0.462. The van der Waals surface area contributed by atoms with Crippen LogP contribution in [0, 0.1) is 0 Å². The van der Waals surface area contributed by atoms with Gasteiger partial charge in [-0.2, -0.15) is 0 Å². The van der Waals surface area contributed by atoms with Gasteiger partial charge in [-0.3, -0.25) is 9.59 Å². The van der Waals surface area contributed by atoms with Gasteiger partial charge in [0.2, 0.25) is 0 Å². The molecule has 122 valence electrons. The first-order valence-corrected chi connectivity index (χ1v) is 7.69. The lowest BCUT2D eigenvalue weighted by Crippen LogP contribution is -2.17. The molecule has 0 aliphatic rings. The average molecular weight is 343 g/mol. The number of amides is 2. The van der Waals surface area contributed by atoms with Crippen LogP contribution in [-0.2, 0) is 0 Å². The zero-order valence-corrected chi connectivity index (χ0v) is 13.4. The summed E-state index contributed by atoms with van der Waals surface area (Å²) in [6, 6.07) is 6.79. The van der Waals surface area contributed by atoms with Crippen LogP contribution < -0.4 is 16.4 Å². The quantitative estimate of drug-likeness (QED) is 0.652. The van der Waals surface area contributed by atoms with E-state index in [0.29, 0.717) is 21.5 Å². The van der Waals surface area contributed by atoms with Gasteiger partial charge in [0.05, 0.1) is 6.20 Å². The minimum absolute atomic E-state index is 0.0241. The number of rotatable bonds is 5. The number of nitrogens with two attached hydrogens (primary N) is 1. The maximum atomic E-state index is 12.3. The first kappa shape index (κ1) is 15.7. The topological polar surface area (TPSA) is 123 Å². The molecule has 2 amide bonds. The predicted octanol–water partition coefficient (Wildman–Crippen LogP) is 2.19. The highest BCUT2D eigenvalue weighted by Crippen LogP contribution is 2.28. The number of nitrogens with one attached hydrogen (secondary N) is 2. The van der Waals surface area contributed by atoms with E-state index in [0.717, 1.165) is 16.9 Å². The molecular weight excluding hydrogens is 330 g/mol. The highest BCUT2D eigenvalue weighted by Gasteiger charge is 2.18. The Balaban J connectivity index is 1.80. The van der Waals surface area contributed by atoms with Crippen LogP contribution in [0.1, 0.15) is 20.8 Å². The van der Waals surface area contributed by atoms with Gasteiger partial charge in [-0.1, -0.05) is 23.5 Å². The Hall–Kier alpha value is -3.20. The predicted molar refractivity (Wildman–Crippen MR) is 90.1 cm³/mol. The molecule has 3 aromatic rings. The third-order valence-corrected chi connectivity index (χ3v) is 4.15. The number of anilines is 2. The Bertz CT molecular complexity index is 871. The number of carbonyl (C=O) groups is 2. The monoisotopic (exact) mass is 343 g/mol. The van der Waals surface area contributed by atoms with Crippen molar-refractivity contribution in [2.45, 2.75) is 0 Å². The van der Waals surface area contributed by atoms with Crippen molar-refractivity contribution in [3.63, 3.8) is 0 Å². The van der Waals surface area contributed by atoms with Crippen molar-refractivity contribution in [1.29, 1.82) is 0 Å². The second-order valence-electron chi connectivity index (χ2n) is 4.71. The molecule has 3 rings (SSSR count). The molecule has 0 unspecified atom stereocenters. The molecule has 0 aliphatic heterocycles. The van der Waals surface area contributed by atoms with Crippen molar-refractivity contribution >= 4 is 33.3 Å². The zero-order valence-electron chi connectivity index (χ0n) is 12.6. The number of primary amides is 1. The summed E-state index contributed by atoms with van der Waals surface area (Å²) < 4.78 is 5.20. The van der Waals surface area contributed by atoms with Crippen LogP contribution in [0.4, 0.5) is 10.1 Å². The van der Waals surface area contributed by atoms with Gasteiger partial charge in [-0.05, 0) is 12.1 Å². The summed E-state index contributed by atoms with van der Waals surface area (Å²) in [5, 5.41) is 6.26. The molecule has 2 heterocycles. The van der Waals surface area contributed by atoms with Crippen molar-refractivity contribution in [3.8, 4) is 11.3 Å². The first-order chi connectivity index (χ1) is 11.6. The fraction of sp³-hybridized carbons (Fsp3) is 0.0667. The van der Waals surface area contributed by atoms with Crippen LogP contribution in [0.2, 0.25) is 0 Å². The smallest absolute Gasteiger partial charge is 0.270 e. The molecule has 0 spiro atoms.